The van der Waals surface area contributed by atoms with Crippen molar-refractivity contribution < 1.29 is 13.9 Å². The second-order valence-electron chi connectivity index (χ2n) is 4.40. The number of carbonyl (C=O) groups is 1. The zero-order chi connectivity index (χ0) is 15.4. The number of halogens is 2. The van der Waals surface area contributed by atoms with E-state index in [1.807, 2.05) is 6.07 Å². The summed E-state index contributed by atoms with van der Waals surface area (Å²) in [6.07, 6.45) is 0. The van der Waals surface area contributed by atoms with Crippen molar-refractivity contribution in [1.29, 1.82) is 5.26 Å². The Morgan fingerprint density at radius 3 is 2.71 bits per heavy atom. The molecule has 0 amide bonds. The fourth-order valence-electron chi connectivity index (χ4n) is 1.78. The highest BCUT2D eigenvalue weighted by atomic mass is 35.5. The van der Waals surface area contributed by atoms with Crippen LogP contribution in [0.3, 0.4) is 0 Å². The second kappa shape index (κ2) is 6.38. The van der Waals surface area contributed by atoms with Crippen molar-refractivity contribution in [3.05, 3.63) is 63.9 Å². The van der Waals surface area contributed by atoms with Crippen LogP contribution in [0.25, 0.3) is 0 Å². The van der Waals surface area contributed by atoms with Crippen molar-refractivity contribution in [1.82, 2.24) is 0 Å². The van der Waals surface area contributed by atoms with E-state index in [-0.39, 0.29) is 17.4 Å². The van der Waals surface area contributed by atoms with Gasteiger partial charge in [0.05, 0.1) is 16.7 Å². The Bertz CT molecular complexity index is 738. The molecule has 0 bridgehead atoms. The lowest BCUT2D eigenvalue weighted by molar-refractivity contribution is 0.101. The van der Waals surface area contributed by atoms with E-state index >= 15 is 0 Å². The lowest BCUT2D eigenvalue weighted by atomic mass is 10.1. The maximum absolute atomic E-state index is 13.2. The van der Waals surface area contributed by atoms with Crippen LogP contribution in [0.15, 0.2) is 36.4 Å². The first-order valence-corrected chi connectivity index (χ1v) is 6.51. The summed E-state index contributed by atoms with van der Waals surface area (Å²) in [7, 11) is 0. The van der Waals surface area contributed by atoms with Crippen LogP contribution in [-0.2, 0) is 6.61 Å². The molecule has 0 N–H and O–H groups in total. The highest BCUT2D eigenvalue weighted by Crippen LogP contribution is 2.27. The van der Waals surface area contributed by atoms with Crippen molar-refractivity contribution in [3.63, 3.8) is 0 Å². The minimum atomic E-state index is -0.439. The van der Waals surface area contributed by atoms with Gasteiger partial charge < -0.3 is 4.74 Å². The van der Waals surface area contributed by atoms with Gasteiger partial charge in [0.1, 0.15) is 18.2 Å². The van der Waals surface area contributed by atoms with Gasteiger partial charge >= 0.3 is 0 Å². The van der Waals surface area contributed by atoms with Crippen LogP contribution in [0.5, 0.6) is 5.75 Å². The van der Waals surface area contributed by atoms with Gasteiger partial charge in [0.15, 0.2) is 5.78 Å². The Balaban J connectivity index is 2.19. The van der Waals surface area contributed by atoms with E-state index in [0.717, 1.165) is 0 Å². The largest absolute Gasteiger partial charge is 0.487 e. The van der Waals surface area contributed by atoms with E-state index in [2.05, 4.69) is 0 Å². The smallest absolute Gasteiger partial charge is 0.159 e. The molecule has 0 aliphatic carbocycles. The first-order valence-electron chi connectivity index (χ1n) is 6.13. The number of hydrogen-bond acceptors (Lipinski definition) is 3. The fraction of sp³-hybridized carbons (Fsp3) is 0.125. The summed E-state index contributed by atoms with van der Waals surface area (Å²) in [6.45, 7) is 1.46. The van der Waals surface area contributed by atoms with Gasteiger partial charge in [0, 0.05) is 11.1 Å². The van der Waals surface area contributed by atoms with Gasteiger partial charge in [0.25, 0.3) is 0 Å². The molecule has 0 aliphatic heterocycles. The van der Waals surface area contributed by atoms with Crippen molar-refractivity contribution >= 4 is 17.4 Å². The van der Waals surface area contributed by atoms with Gasteiger partial charge in [0.2, 0.25) is 0 Å². The number of nitrogens with zero attached hydrogens (tertiary/aromatic N) is 1. The molecule has 21 heavy (non-hydrogen) atoms. The molecule has 5 heteroatoms. The minimum absolute atomic E-state index is 0.0137. The number of rotatable bonds is 4. The van der Waals surface area contributed by atoms with E-state index < -0.39 is 5.82 Å². The number of ketones is 1. The molecule has 0 saturated carbocycles. The molecule has 0 aliphatic rings. The number of hydrogen-bond donors (Lipinski definition) is 0. The third kappa shape index (κ3) is 3.59. The number of nitriles is 1. The Kier molecular flexibility index (Phi) is 4.56. The van der Waals surface area contributed by atoms with Crippen LogP contribution in [0, 0.1) is 17.1 Å². The van der Waals surface area contributed by atoms with Crippen molar-refractivity contribution in [2.45, 2.75) is 13.5 Å². The molecule has 106 valence electrons. The van der Waals surface area contributed by atoms with E-state index in [4.69, 9.17) is 21.6 Å². The van der Waals surface area contributed by atoms with Crippen LogP contribution in [0.1, 0.15) is 28.4 Å². The minimum Gasteiger partial charge on any atom is -0.487 e. The van der Waals surface area contributed by atoms with Crippen molar-refractivity contribution in [2.75, 3.05) is 0 Å². The molecular formula is C16H11ClFNO2. The highest BCUT2D eigenvalue weighted by Gasteiger charge is 2.09. The van der Waals surface area contributed by atoms with Crippen molar-refractivity contribution in [2.24, 2.45) is 0 Å². The SMILES string of the molecule is CC(=O)c1ccc(OCc2cc(F)ccc2C#N)c(Cl)c1. The predicted octanol–water partition coefficient (Wildman–Crippen LogP) is 4.13. The Labute approximate surface area is 126 Å². The first-order chi connectivity index (χ1) is 10.0. The lowest BCUT2D eigenvalue weighted by Crippen LogP contribution is -2.00. The molecule has 0 atom stereocenters. The molecule has 0 saturated heterocycles. The van der Waals surface area contributed by atoms with E-state index in [9.17, 15) is 9.18 Å². The molecule has 0 heterocycles. The van der Waals surface area contributed by atoms with Gasteiger partial charge in [-0.05, 0) is 43.3 Å². The maximum Gasteiger partial charge on any atom is 0.159 e. The zero-order valence-electron chi connectivity index (χ0n) is 11.2. The van der Waals surface area contributed by atoms with Crippen LogP contribution in [0.2, 0.25) is 5.02 Å². The van der Waals surface area contributed by atoms with Gasteiger partial charge in [-0.2, -0.15) is 5.26 Å². The van der Waals surface area contributed by atoms with Crippen LogP contribution in [-0.4, -0.2) is 5.78 Å². The van der Waals surface area contributed by atoms with E-state index in [1.54, 1.807) is 12.1 Å². The fourth-order valence-corrected chi connectivity index (χ4v) is 2.02. The molecule has 0 fully saturated rings. The molecule has 0 radical (unpaired) electrons. The molecular weight excluding hydrogens is 293 g/mol. The number of ether oxygens (including phenoxy) is 1. The lowest BCUT2D eigenvalue weighted by Gasteiger charge is -2.10. The topological polar surface area (TPSA) is 50.1 Å². The summed E-state index contributed by atoms with van der Waals surface area (Å²) < 4.78 is 18.7. The van der Waals surface area contributed by atoms with Crippen molar-refractivity contribution in [3.8, 4) is 11.8 Å². The standard InChI is InChI=1S/C16H11ClFNO2/c1-10(20)11-3-5-16(15(17)7-11)21-9-13-6-14(18)4-2-12(13)8-19/h2-7H,9H2,1H3. The Morgan fingerprint density at radius 2 is 2.10 bits per heavy atom. The predicted molar refractivity (Wildman–Crippen MR) is 76.9 cm³/mol. The third-order valence-electron chi connectivity index (χ3n) is 2.91. The highest BCUT2D eigenvalue weighted by molar-refractivity contribution is 6.32. The normalized spacial score (nSPS) is 10.0. The van der Waals surface area contributed by atoms with Gasteiger partial charge in [-0.25, -0.2) is 4.39 Å². The number of carbonyl (C=O) groups excluding carboxylic acids is 1. The van der Waals surface area contributed by atoms with Gasteiger partial charge in [-0.15, -0.1) is 0 Å². The third-order valence-corrected chi connectivity index (χ3v) is 3.20. The molecule has 0 aromatic heterocycles. The number of Topliss-reactive ketones (excluding diaryl/α,β-unsaturated/α-hetero) is 1. The molecule has 2 rings (SSSR count). The maximum atomic E-state index is 13.2. The van der Waals surface area contributed by atoms with Crippen LogP contribution >= 0.6 is 11.6 Å². The van der Waals surface area contributed by atoms with Gasteiger partial charge in [-0.1, -0.05) is 11.6 Å². The molecule has 2 aromatic rings. The summed E-state index contributed by atoms with van der Waals surface area (Å²) in [5.74, 6) is -0.166. The second-order valence-corrected chi connectivity index (χ2v) is 4.81. The van der Waals surface area contributed by atoms with Crippen LogP contribution in [0.4, 0.5) is 4.39 Å². The average Bonchev–Trinajstić information content (AvgIpc) is 2.46. The molecule has 2 aromatic carbocycles. The molecule has 0 unspecified atom stereocenters. The monoisotopic (exact) mass is 303 g/mol. The summed E-state index contributed by atoms with van der Waals surface area (Å²) >= 11 is 6.03. The zero-order valence-corrected chi connectivity index (χ0v) is 11.9. The Hall–Kier alpha value is -2.38. The van der Waals surface area contributed by atoms with E-state index in [1.165, 1.54) is 31.2 Å². The summed E-state index contributed by atoms with van der Waals surface area (Å²) in [5.41, 5.74) is 1.26. The first kappa shape index (κ1) is 15.0. The summed E-state index contributed by atoms with van der Waals surface area (Å²) in [6, 6.07) is 10.5. The summed E-state index contributed by atoms with van der Waals surface area (Å²) in [4.78, 5) is 11.2. The quantitative estimate of drug-likeness (QED) is 0.798. The molecule has 3 nitrogen and oxygen atoms in total. The molecule has 0 spiro atoms. The summed E-state index contributed by atoms with van der Waals surface area (Å²) in [5, 5.41) is 9.26. The number of benzene rings is 2. The van der Waals surface area contributed by atoms with E-state index in [0.29, 0.717) is 22.4 Å². The Morgan fingerprint density at radius 1 is 1.33 bits per heavy atom. The van der Waals surface area contributed by atoms with Crippen LogP contribution < -0.4 is 4.74 Å². The average molecular weight is 304 g/mol. The van der Waals surface area contributed by atoms with Gasteiger partial charge in [-0.3, -0.25) is 4.79 Å².